The number of carbonyl (C=O) groups excluding carboxylic acids is 1. The van der Waals surface area contributed by atoms with Gasteiger partial charge in [-0.05, 0) is 74.6 Å². The summed E-state index contributed by atoms with van der Waals surface area (Å²) in [5.74, 6) is -0.109. The van der Waals surface area contributed by atoms with Gasteiger partial charge in [-0.1, -0.05) is 53.5 Å². The number of benzene rings is 2. The zero-order valence-corrected chi connectivity index (χ0v) is 21.0. The van der Waals surface area contributed by atoms with Crippen LogP contribution in [0, 0.1) is 0 Å². The topological polar surface area (TPSA) is 51.0 Å². The van der Waals surface area contributed by atoms with Gasteiger partial charge in [-0.15, -0.1) is 0 Å². The highest BCUT2D eigenvalue weighted by Crippen LogP contribution is 2.33. The smallest absolute Gasteiger partial charge is 0.275 e. The molecule has 1 atom stereocenters. The molecule has 0 bridgehead atoms. The van der Waals surface area contributed by atoms with Crippen molar-refractivity contribution in [3.63, 3.8) is 0 Å². The van der Waals surface area contributed by atoms with Gasteiger partial charge >= 0.3 is 0 Å². The third-order valence-corrected chi connectivity index (χ3v) is 7.10. The number of hydrogen-bond donors (Lipinski definition) is 0. The molecule has 5 nitrogen and oxygen atoms in total. The Hall–Kier alpha value is -3.15. The molecule has 1 aliphatic carbocycles. The van der Waals surface area contributed by atoms with Crippen LogP contribution in [-0.4, -0.2) is 32.1 Å². The number of rotatable bonds is 6. The van der Waals surface area contributed by atoms with Crippen molar-refractivity contribution in [1.82, 2.24) is 19.7 Å². The largest absolute Gasteiger partial charge is 0.325 e. The highest BCUT2D eigenvalue weighted by Gasteiger charge is 2.33. The van der Waals surface area contributed by atoms with Crippen LogP contribution < -0.4 is 0 Å². The molecule has 2 heterocycles. The molecule has 35 heavy (non-hydrogen) atoms. The second-order valence-corrected chi connectivity index (χ2v) is 9.49. The summed E-state index contributed by atoms with van der Waals surface area (Å²) in [5.41, 5.74) is 5.14. The number of fused-ring (bicyclic) bond motifs is 1. The highest BCUT2D eigenvalue weighted by atomic mass is 35.5. The summed E-state index contributed by atoms with van der Waals surface area (Å²) in [5, 5.41) is 6.14. The fourth-order valence-corrected chi connectivity index (χ4v) is 5.21. The first kappa shape index (κ1) is 23.6. The molecule has 0 radical (unpaired) electrons. The predicted molar refractivity (Wildman–Crippen MR) is 139 cm³/mol. The molecule has 0 N–H and O–H groups in total. The van der Waals surface area contributed by atoms with Crippen molar-refractivity contribution in [3.05, 3.63) is 111 Å². The van der Waals surface area contributed by atoms with Crippen molar-refractivity contribution >= 4 is 29.1 Å². The van der Waals surface area contributed by atoms with E-state index in [4.69, 9.17) is 28.3 Å². The zero-order valence-electron chi connectivity index (χ0n) is 19.5. The van der Waals surface area contributed by atoms with Gasteiger partial charge in [-0.25, -0.2) is 4.68 Å². The van der Waals surface area contributed by atoms with Crippen molar-refractivity contribution in [2.24, 2.45) is 0 Å². The highest BCUT2D eigenvalue weighted by molar-refractivity contribution is 6.32. The number of hydrogen-bond acceptors (Lipinski definition) is 3. The van der Waals surface area contributed by atoms with Crippen LogP contribution in [0.4, 0.5) is 0 Å². The molecule has 0 spiro atoms. The average molecular weight is 505 g/mol. The Morgan fingerprint density at radius 1 is 1.00 bits per heavy atom. The molecule has 0 aliphatic heterocycles. The number of nitrogens with zero attached hydrogens (tertiary/aromatic N) is 4. The van der Waals surface area contributed by atoms with Gasteiger partial charge < -0.3 is 4.90 Å². The Morgan fingerprint density at radius 2 is 1.74 bits per heavy atom. The molecule has 0 saturated carbocycles. The molecule has 1 amide bonds. The second kappa shape index (κ2) is 10.2. The number of carbonyl (C=O) groups is 1. The molecule has 2 aromatic heterocycles. The summed E-state index contributed by atoms with van der Waals surface area (Å²) >= 11 is 12.7. The average Bonchev–Trinajstić information content (AvgIpc) is 3.28. The van der Waals surface area contributed by atoms with Gasteiger partial charge in [0.05, 0.1) is 22.4 Å². The summed E-state index contributed by atoms with van der Waals surface area (Å²) in [6, 6.07) is 20.6. The van der Waals surface area contributed by atoms with Gasteiger partial charge in [0.15, 0.2) is 5.69 Å². The standard InChI is InChI=1S/C28H26Cl2N4O/c1-2-33(27(23-11-7-8-18-31-23)19-14-16-20(29)17-15-19)28(35)26-21-9-3-5-12-24(21)34(32-26)25-13-6-4-10-22(25)30/h4,6-8,10-11,13-18,27H,2-3,5,9,12H2,1H3. The van der Waals surface area contributed by atoms with E-state index in [2.05, 4.69) is 4.98 Å². The van der Waals surface area contributed by atoms with Gasteiger partial charge in [-0.3, -0.25) is 9.78 Å². The third kappa shape index (κ3) is 4.58. The lowest BCUT2D eigenvalue weighted by molar-refractivity contribution is 0.0706. The van der Waals surface area contributed by atoms with Crippen molar-refractivity contribution in [2.75, 3.05) is 6.54 Å². The lowest BCUT2D eigenvalue weighted by atomic mass is 9.94. The van der Waals surface area contributed by atoms with Crippen LogP contribution in [0.2, 0.25) is 10.0 Å². The van der Waals surface area contributed by atoms with E-state index in [1.165, 1.54) is 0 Å². The Bertz CT molecular complexity index is 1340. The molecule has 1 aliphatic rings. The summed E-state index contributed by atoms with van der Waals surface area (Å²) in [7, 11) is 0. The van der Waals surface area contributed by atoms with Crippen LogP contribution in [-0.2, 0) is 12.8 Å². The van der Waals surface area contributed by atoms with Crippen LogP contribution in [0.5, 0.6) is 0 Å². The van der Waals surface area contributed by atoms with Gasteiger partial charge in [0, 0.05) is 29.0 Å². The summed E-state index contributed by atoms with van der Waals surface area (Å²) in [6.07, 6.45) is 5.55. The Morgan fingerprint density at radius 3 is 2.46 bits per heavy atom. The zero-order chi connectivity index (χ0) is 24.4. The Labute approximate surface area is 215 Å². The molecule has 1 unspecified atom stereocenters. The number of aromatic nitrogens is 3. The summed E-state index contributed by atoms with van der Waals surface area (Å²) in [4.78, 5) is 20.6. The van der Waals surface area contributed by atoms with E-state index in [0.29, 0.717) is 22.3 Å². The molecule has 178 valence electrons. The minimum Gasteiger partial charge on any atom is -0.325 e. The Kier molecular flexibility index (Phi) is 6.89. The summed E-state index contributed by atoms with van der Waals surface area (Å²) < 4.78 is 1.87. The van der Waals surface area contributed by atoms with Crippen molar-refractivity contribution in [2.45, 2.75) is 38.6 Å². The lowest BCUT2D eigenvalue weighted by Crippen LogP contribution is -2.36. The van der Waals surface area contributed by atoms with Crippen LogP contribution >= 0.6 is 23.2 Å². The first-order valence-corrected chi connectivity index (χ1v) is 12.7. The number of halogens is 2. The van der Waals surface area contributed by atoms with E-state index in [1.54, 1.807) is 6.20 Å². The Balaban J connectivity index is 1.62. The van der Waals surface area contributed by atoms with E-state index >= 15 is 0 Å². The fourth-order valence-electron chi connectivity index (χ4n) is 4.87. The number of pyridine rings is 1. The van der Waals surface area contributed by atoms with Crippen molar-refractivity contribution < 1.29 is 4.79 Å². The molecular weight excluding hydrogens is 479 g/mol. The van der Waals surface area contributed by atoms with Crippen molar-refractivity contribution in [1.29, 1.82) is 0 Å². The molecule has 0 fully saturated rings. The van der Waals surface area contributed by atoms with E-state index in [0.717, 1.165) is 53.9 Å². The SMILES string of the molecule is CCN(C(=O)c1nn(-c2ccccc2Cl)c2c1CCCC2)C(c1ccc(Cl)cc1)c1ccccn1. The molecule has 2 aromatic carbocycles. The van der Waals surface area contributed by atoms with Gasteiger partial charge in [-0.2, -0.15) is 5.10 Å². The van der Waals surface area contributed by atoms with Crippen LogP contribution in [0.3, 0.4) is 0 Å². The summed E-state index contributed by atoms with van der Waals surface area (Å²) in [6.45, 7) is 2.48. The van der Waals surface area contributed by atoms with E-state index < -0.39 is 0 Å². The third-order valence-electron chi connectivity index (χ3n) is 6.53. The maximum atomic E-state index is 14.2. The second-order valence-electron chi connectivity index (χ2n) is 8.64. The molecule has 7 heteroatoms. The van der Waals surface area contributed by atoms with Gasteiger partial charge in [0.1, 0.15) is 0 Å². The monoisotopic (exact) mass is 504 g/mol. The minimum absolute atomic E-state index is 0.109. The first-order valence-electron chi connectivity index (χ1n) is 11.9. The maximum Gasteiger partial charge on any atom is 0.275 e. The molecular formula is C28H26Cl2N4O. The number of para-hydroxylation sites is 1. The predicted octanol–water partition coefficient (Wildman–Crippen LogP) is 6.70. The van der Waals surface area contributed by atoms with E-state index in [9.17, 15) is 4.79 Å². The van der Waals surface area contributed by atoms with Gasteiger partial charge in [0.2, 0.25) is 0 Å². The number of amides is 1. The van der Waals surface area contributed by atoms with Gasteiger partial charge in [0.25, 0.3) is 5.91 Å². The van der Waals surface area contributed by atoms with Crippen LogP contribution in [0.25, 0.3) is 5.69 Å². The van der Waals surface area contributed by atoms with Crippen LogP contribution in [0.1, 0.15) is 58.8 Å². The molecule has 5 rings (SSSR count). The minimum atomic E-state index is -0.365. The lowest BCUT2D eigenvalue weighted by Gasteiger charge is -2.31. The van der Waals surface area contributed by atoms with Crippen molar-refractivity contribution in [3.8, 4) is 5.69 Å². The molecule has 0 saturated heterocycles. The first-order chi connectivity index (χ1) is 17.1. The van der Waals surface area contributed by atoms with E-state index in [-0.39, 0.29) is 11.9 Å². The quantitative estimate of drug-likeness (QED) is 0.293. The maximum absolute atomic E-state index is 14.2. The normalized spacial score (nSPS) is 13.8. The van der Waals surface area contributed by atoms with Crippen LogP contribution in [0.15, 0.2) is 72.9 Å². The van der Waals surface area contributed by atoms with E-state index in [1.807, 2.05) is 83.2 Å². The molecule has 4 aromatic rings. The fraction of sp³-hybridized carbons (Fsp3) is 0.250.